The summed E-state index contributed by atoms with van der Waals surface area (Å²) in [6, 6.07) is 9.94. The molecule has 0 spiro atoms. The van der Waals surface area contributed by atoms with E-state index in [0.717, 1.165) is 6.07 Å². The second-order valence-corrected chi connectivity index (χ2v) is 8.72. The van der Waals surface area contributed by atoms with Crippen LogP contribution >= 0.6 is 11.6 Å². The maximum absolute atomic E-state index is 14.3. The summed E-state index contributed by atoms with van der Waals surface area (Å²) in [5.41, 5.74) is -1.62. The van der Waals surface area contributed by atoms with Crippen LogP contribution in [0.25, 0.3) is 11.1 Å². The van der Waals surface area contributed by atoms with Crippen molar-refractivity contribution in [1.29, 1.82) is 0 Å². The van der Waals surface area contributed by atoms with Crippen LogP contribution in [0.1, 0.15) is 11.1 Å². The van der Waals surface area contributed by atoms with Gasteiger partial charge in [0, 0.05) is 17.2 Å². The molecule has 0 saturated carbocycles. The first kappa shape index (κ1) is 22.0. The Morgan fingerprint density at radius 3 is 2.17 bits per heavy atom. The predicted molar refractivity (Wildman–Crippen MR) is 101 cm³/mol. The molecule has 1 N–H and O–H groups in total. The summed E-state index contributed by atoms with van der Waals surface area (Å²) in [5.74, 6) is -4.35. The summed E-state index contributed by atoms with van der Waals surface area (Å²) in [7, 11) is -4.68. The van der Waals surface area contributed by atoms with Crippen molar-refractivity contribution >= 4 is 21.4 Å². The monoisotopic (exact) mass is 462 g/mol. The predicted octanol–water partition coefficient (Wildman–Crippen LogP) is 5.98. The van der Waals surface area contributed by atoms with Crippen LogP contribution in [0.4, 0.5) is 22.0 Å². The Kier molecular flexibility index (Phi) is 5.79. The highest BCUT2D eigenvalue weighted by atomic mass is 35.5. The second kappa shape index (κ2) is 7.88. The highest BCUT2D eigenvalue weighted by molar-refractivity contribution is 7.90. The zero-order valence-electron chi connectivity index (χ0n) is 14.8. The van der Waals surface area contributed by atoms with E-state index in [9.17, 15) is 35.5 Å². The molecule has 0 heterocycles. The number of hydrogen-bond donors (Lipinski definition) is 1. The lowest BCUT2D eigenvalue weighted by molar-refractivity contribution is -0.137. The third-order valence-corrected chi connectivity index (χ3v) is 6.22. The van der Waals surface area contributed by atoms with E-state index in [2.05, 4.69) is 0 Å². The summed E-state index contributed by atoms with van der Waals surface area (Å²) >= 11 is 5.55. The second-order valence-electron chi connectivity index (χ2n) is 6.35. The molecule has 0 amide bonds. The number of aromatic hydroxyl groups is 1. The lowest BCUT2D eigenvalue weighted by atomic mass is 10.0. The summed E-state index contributed by atoms with van der Waals surface area (Å²) in [5, 5.41) is 9.09. The van der Waals surface area contributed by atoms with Crippen molar-refractivity contribution in [1.82, 2.24) is 0 Å². The van der Waals surface area contributed by atoms with Crippen molar-refractivity contribution in [3.8, 4) is 16.9 Å². The molecule has 0 aliphatic rings. The molecule has 0 saturated heterocycles. The molecule has 30 heavy (non-hydrogen) atoms. The number of benzene rings is 3. The first-order valence-electron chi connectivity index (χ1n) is 8.26. The van der Waals surface area contributed by atoms with Crippen LogP contribution in [0.3, 0.4) is 0 Å². The smallest absolute Gasteiger partial charge is 0.416 e. The molecule has 10 heteroatoms. The van der Waals surface area contributed by atoms with Gasteiger partial charge in [-0.15, -0.1) is 0 Å². The third-order valence-electron chi connectivity index (χ3n) is 4.26. The molecule has 0 aromatic heterocycles. The van der Waals surface area contributed by atoms with Gasteiger partial charge in [0.25, 0.3) is 0 Å². The number of hydrogen-bond acceptors (Lipinski definition) is 3. The molecule has 0 unspecified atom stereocenters. The van der Waals surface area contributed by atoms with Gasteiger partial charge >= 0.3 is 6.18 Å². The van der Waals surface area contributed by atoms with E-state index in [0.29, 0.717) is 17.7 Å². The zero-order valence-corrected chi connectivity index (χ0v) is 16.4. The van der Waals surface area contributed by atoms with Crippen molar-refractivity contribution in [2.24, 2.45) is 0 Å². The fourth-order valence-corrected chi connectivity index (χ4v) is 4.57. The average molecular weight is 463 g/mol. The average Bonchev–Trinajstić information content (AvgIpc) is 2.65. The molecular weight excluding hydrogens is 451 g/mol. The van der Waals surface area contributed by atoms with E-state index >= 15 is 0 Å². The first-order chi connectivity index (χ1) is 13.9. The minimum absolute atomic E-state index is 0.0894. The van der Waals surface area contributed by atoms with Crippen molar-refractivity contribution in [3.63, 3.8) is 0 Å². The van der Waals surface area contributed by atoms with Crippen LogP contribution in [-0.2, 0) is 21.8 Å². The van der Waals surface area contributed by atoms with Gasteiger partial charge in [-0.25, -0.2) is 17.2 Å². The first-order valence-corrected chi connectivity index (χ1v) is 10.3. The van der Waals surface area contributed by atoms with E-state index in [-0.39, 0.29) is 11.6 Å². The standard InChI is InChI=1S/C20H12ClF5O3S/c21-15-7-13(20(24,25)26)8-18(19(15)27)30(28,29)10-12-6-14(17(23)9-16(12)22)11-4-2-1-3-5-11/h1-9,27H,10H2. The molecule has 3 rings (SSSR count). The molecule has 3 aromatic carbocycles. The van der Waals surface area contributed by atoms with Crippen molar-refractivity contribution in [2.45, 2.75) is 16.8 Å². The maximum atomic E-state index is 14.3. The molecule has 0 radical (unpaired) electrons. The lowest BCUT2D eigenvalue weighted by Crippen LogP contribution is -2.11. The molecular formula is C20H12ClF5O3S. The number of alkyl halides is 3. The number of rotatable bonds is 4. The van der Waals surface area contributed by atoms with Gasteiger partial charge in [0.15, 0.2) is 15.6 Å². The van der Waals surface area contributed by atoms with Gasteiger partial charge in [-0.3, -0.25) is 0 Å². The third kappa shape index (κ3) is 4.41. The van der Waals surface area contributed by atoms with Crippen LogP contribution in [0, 0.1) is 11.6 Å². The van der Waals surface area contributed by atoms with Crippen molar-refractivity contribution in [2.75, 3.05) is 0 Å². The van der Waals surface area contributed by atoms with Crippen LogP contribution in [0.15, 0.2) is 59.5 Å². The van der Waals surface area contributed by atoms with Gasteiger partial charge in [0.1, 0.15) is 16.5 Å². The number of phenolic OH excluding ortho intramolecular Hbond substituents is 1. The van der Waals surface area contributed by atoms with Crippen LogP contribution < -0.4 is 0 Å². The topological polar surface area (TPSA) is 54.4 Å². The summed E-state index contributed by atoms with van der Waals surface area (Å²) in [4.78, 5) is -1.10. The van der Waals surface area contributed by atoms with Gasteiger partial charge in [-0.2, -0.15) is 13.2 Å². The molecule has 0 bridgehead atoms. The minimum atomic E-state index is -4.93. The van der Waals surface area contributed by atoms with Gasteiger partial charge < -0.3 is 5.11 Å². The molecule has 158 valence electrons. The van der Waals surface area contributed by atoms with Gasteiger partial charge in [-0.05, 0) is 23.8 Å². The van der Waals surface area contributed by atoms with E-state index in [4.69, 9.17) is 11.6 Å². The number of phenols is 1. The maximum Gasteiger partial charge on any atom is 0.416 e. The Morgan fingerprint density at radius 2 is 1.57 bits per heavy atom. The normalized spacial score (nSPS) is 12.2. The Hall–Kier alpha value is -2.65. The van der Waals surface area contributed by atoms with Gasteiger partial charge in [0.05, 0.1) is 16.3 Å². The van der Waals surface area contributed by atoms with E-state index in [1.54, 1.807) is 18.2 Å². The van der Waals surface area contributed by atoms with E-state index < -0.39 is 60.2 Å². The molecule has 0 atom stereocenters. The summed E-state index contributed by atoms with van der Waals surface area (Å²) in [6.45, 7) is 0. The molecule has 3 aromatic rings. The van der Waals surface area contributed by atoms with Gasteiger partial charge in [0.2, 0.25) is 0 Å². The molecule has 0 aliphatic heterocycles. The Morgan fingerprint density at radius 1 is 0.933 bits per heavy atom. The molecule has 0 aliphatic carbocycles. The SMILES string of the molecule is O=S(=O)(Cc1cc(-c2ccccc2)c(F)cc1F)c1cc(C(F)(F)F)cc(Cl)c1O. The summed E-state index contributed by atoms with van der Waals surface area (Å²) < 4.78 is 92.9. The van der Waals surface area contributed by atoms with E-state index in [1.165, 1.54) is 12.1 Å². The van der Waals surface area contributed by atoms with Crippen molar-refractivity contribution in [3.05, 3.63) is 82.4 Å². The fourth-order valence-electron chi connectivity index (χ4n) is 2.80. The zero-order chi connectivity index (χ0) is 22.3. The van der Waals surface area contributed by atoms with E-state index in [1.807, 2.05) is 0 Å². The van der Waals surface area contributed by atoms with Gasteiger partial charge in [-0.1, -0.05) is 41.9 Å². The van der Waals surface area contributed by atoms with Crippen LogP contribution in [-0.4, -0.2) is 13.5 Å². The highest BCUT2D eigenvalue weighted by Crippen LogP contribution is 2.40. The fraction of sp³-hybridized carbons (Fsp3) is 0.100. The lowest BCUT2D eigenvalue weighted by Gasteiger charge is -2.14. The Balaban J connectivity index is 2.10. The number of sulfone groups is 1. The Bertz CT molecular complexity index is 1210. The number of halogens is 6. The van der Waals surface area contributed by atoms with Crippen LogP contribution in [0.2, 0.25) is 5.02 Å². The molecule has 3 nitrogen and oxygen atoms in total. The minimum Gasteiger partial charge on any atom is -0.505 e. The highest BCUT2D eigenvalue weighted by Gasteiger charge is 2.34. The quantitative estimate of drug-likeness (QED) is 0.485. The molecule has 0 fully saturated rings. The summed E-state index contributed by atoms with van der Waals surface area (Å²) in [6.07, 6.45) is -4.93. The largest absolute Gasteiger partial charge is 0.505 e. The van der Waals surface area contributed by atoms with Crippen molar-refractivity contribution < 1.29 is 35.5 Å². The van der Waals surface area contributed by atoms with Crippen LogP contribution in [0.5, 0.6) is 5.75 Å². The Labute approximate surface area is 173 Å².